The fourth-order valence-corrected chi connectivity index (χ4v) is 8.85. The number of alkyl halides is 3. The van der Waals surface area contributed by atoms with Crippen LogP contribution in [-0.2, 0) is 12.6 Å². The highest BCUT2D eigenvalue weighted by Gasteiger charge is 2.50. The molecule has 5 saturated heterocycles. The molecule has 260 valence electrons. The van der Waals surface area contributed by atoms with Crippen molar-refractivity contribution in [3.8, 4) is 17.4 Å². The number of piperazine rings is 1. The van der Waals surface area contributed by atoms with E-state index in [1.165, 1.54) is 18.2 Å². The van der Waals surface area contributed by atoms with Gasteiger partial charge in [-0.15, -0.1) is 0 Å². The number of halogens is 4. The third kappa shape index (κ3) is 5.21. The maximum Gasteiger partial charge on any atom is 0.431 e. The van der Waals surface area contributed by atoms with Crippen molar-refractivity contribution in [2.24, 2.45) is 0 Å². The Morgan fingerprint density at radius 3 is 2.65 bits per heavy atom. The van der Waals surface area contributed by atoms with E-state index in [1.54, 1.807) is 6.92 Å². The topological polar surface area (TPSA) is 116 Å². The van der Waals surface area contributed by atoms with Crippen LogP contribution in [0, 0.1) is 5.82 Å². The maximum absolute atomic E-state index is 15.1. The number of aliphatic hydroxyl groups excluding tert-OH is 1. The van der Waals surface area contributed by atoms with Gasteiger partial charge in [0, 0.05) is 42.7 Å². The van der Waals surface area contributed by atoms with Crippen LogP contribution in [0.2, 0.25) is 0 Å². The monoisotopic (exact) mass is 682 g/mol. The number of hydrogen-bond donors (Lipinski definition) is 3. The van der Waals surface area contributed by atoms with E-state index in [2.05, 4.69) is 15.2 Å². The van der Waals surface area contributed by atoms with Gasteiger partial charge in [-0.3, -0.25) is 14.3 Å². The summed E-state index contributed by atoms with van der Waals surface area (Å²) in [5.74, 6) is -0.805. The van der Waals surface area contributed by atoms with E-state index in [1.807, 2.05) is 4.90 Å². The summed E-state index contributed by atoms with van der Waals surface area (Å²) in [4.78, 5) is 28.0. The summed E-state index contributed by atoms with van der Waals surface area (Å²) in [7, 11) is 0. The molecule has 0 spiro atoms. The molecule has 4 atom stereocenters. The quantitative estimate of drug-likeness (QED) is 0.239. The van der Waals surface area contributed by atoms with Gasteiger partial charge in [-0.1, -0.05) is 13.0 Å². The van der Waals surface area contributed by atoms with Crippen molar-refractivity contribution in [2.75, 3.05) is 37.7 Å². The molecule has 4 aromatic rings. The number of fused-ring (bicyclic) bond motifs is 6. The van der Waals surface area contributed by atoms with Gasteiger partial charge in [-0.25, -0.2) is 4.39 Å². The predicted molar refractivity (Wildman–Crippen MR) is 175 cm³/mol. The molecule has 49 heavy (non-hydrogen) atoms. The Morgan fingerprint density at radius 2 is 1.96 bits per heavy atom. The first-order chi connectivity index (χ1) is 23.5. The number of anilines is 1. The average Bonchev–Trinajstić information content (AvgIpc) is 3.66. The Bertz CT molecular complexity index is 2010. The Labute approximate surface area is 279 Å². The average molecular weight is 683 g/mol. The van der Waals surface area contributed by atoms with Crippen LogP contribution in [0.5, 0.6) is 11.8 Å². The maximum atomic E-state index is 15.1. The SMILES string of the molecule is CCc1c(F)ccc2cc(O)cc(-n3c(C(F)(F)F)cc4c(N5CC6CCC5CN6)nc(OC[C@]56CCCN5[C@@H](CO)CC6)nc4c3=O)c12. The largest absolute Gasteiger partial charge is 0.508 e. The van der Waals surface area contributed by atoms with Crippen LogP contribution >= 0.6 is 0 Å². The van der Waals surface area contributed by atoms with Crippen molar-refractivity contribution in [2.45, 2.75) is 81.7 Å². The molecule has 9 rings (SSSR count). The van der Waals surface area contributed by atoms with Gasteiger partial charge >= 0.3 is 12.2 Å². The second-order valence-corrected chi connectivity index (χ2v) is 13.9. The van der Waals surface area contributed by atoms with Gasteiger partial charge < -0.3 is 25.2 Å². The van der Waals surface area contributed by atoms with Crippen molar-refractivity contribution in [3.63, 3.8) is 0 Å². The molecule has 10 nitrogen and oxygen atoms in total. The van der Waals surface area contributed by atoms with Gasteiger partial charge in [-0.2, -0.15) is 23.1 Å². The number of rotatable bonds is 7. The van der Waals surface area contributed by atoms with Gasteiger partial charge in [0.05, 0.1) is 23.2 Å². The molecular formula is C35H38F4N6O4. The van der Waals surface area contributed by atoms with E-state index in [0.717, 1.165) is 57.2 Å². The number of piperidine rings is 2. The number of phenols is 1. The lowest BCUT2D eigenvalue weighted by atomic mass is 9.93. The Kier molecular flexibility index (Phi) is 7.76. The summed E-state index contributed by atoms with van der Waals surface area (Å²) in [6.45, 7) is 3.85. The van der Waals surface area contributed by atoms with E-state index in [0.29, 0.717) is 17.7 Å². The number of nitrogens with one attached hydrogen (secondary N) is 1. The van der Waals surface area contributed by atoms with Crippen LogP contribution in [0.4, 0.5) is 23.4 Å². The fourth-order valence-electron chi connectivity index (χ4n) is 8.85. The molecule has 5 aliphatic heterocycles. The first kappa shape index (κ1) is 32.2. The van der Waals surface area contributed by atoms with Gasteiger partial charge in [0.2, 0.25) is 0 Å². The number of aryl methyl sites for hydroxylation is 1. The summed E-state index contributed by atoms with van der Waals surface area (Å²) >= 11 is 0. The molecule has 2 aromatic carbocycles. The lowest BCUT2D eigenvalue weighted by Crippen LogP contribution is -2.61. The van der Waals surface area contributed by atoms with Crippen molar-refractivity contribution < 1.29 is 32.5 Å². The molecule has 0 amide bonds. The predicted octanol–water partition coefficient (Wildman–Crippen LogP) is 4.67. The molecule has 2 bridgehead atoms. The fraction of sp³-hybridized carbons (Fsp3) is 0.514. The Balaban J connectivity index is 1.36. The van der Waals surface area contributed by atoms with Crippen LogP contribution in [0.15, 0.2) is 35.1 Å². The van der Waals surface area contributed by atoms with Gasteiger partial charge in [0.25, 0.3) is 5.56 Å². The van der Waals surface area contributed by atoms with Crippen LogP contribution in [0.25, 0.3) is 27.4 Å². The summed E-state index contributed by atoms with van der Waals surface area (Å²) in [5, 5.41) is 24.4. The minimum absolute atomic E-state index is 0.0264. The summed E-state index contributed by atoms with van der Waals surface area (Å²) in [6.07, 6.45) is 0.264. The highest BCUT2D eigenvalue weighted by Crippen LogP contribution is 2.43. The number of hydrogen-bond acceptors (Lipinski definition) is 9. The van der Waals surface area contributed by atoms with E-state index < -0.39 is 23.2 Å². The molecular weight excluding hydrogens is 644 g/mol. The van der Waals surface area contributed by atoms with E-state index >= 15 is 17.6 Å². The van der Waals surface area contributed by atoms with Crippen LogP contribution < -0.4 is 20.5 Å². The summed E-state index contributed by atoms with van der Waals surface area (Å²) < 4.78 is 67.1. The van der Waals surface area contributed by atoms with Crippen LogP contribution in [-0.4, -0.2) is 86.2 Å². The van der Waals surface area contributed by atoms with Gasteiger partial charge in [-0.05, 0) is 80.6 Å². The number of pyridine rings is 1. The number of benzene rings is 2. The van der Waals surface area contributed by atoms with Crippen molar-refractivity contribution in [1.29, 1.82) is 0 Å². The lowest BCUT2D eigenvalue weighted by Gasteiger charge is -2.46. The molecule has 5 fully saturated rings. The van der Waals surface area contributed by atoms with E-state index in [-0.39, 0.29) is 93.8 Å². The Hall–Kier alpha value is -4.01. The number of phenolic OH excluding ortho intramolecular Hbond substituents is 1. The Morgan fingerprint density at radius 1 is 1.12 bits per heavy atom. The molecule has 3 N–H and O–H groups in total. The molecule has 2 aromatic heterocycles. The normalized spacial score (nSPS) is 25.5. The highest BCUT2D eigenvalue weighted by molar-refractivity contribution is 5.96. The number of ether oxygens (including phenoxy) is 1. The van der Waals surface area contributed by atoms with Gasteiger partial charge in [0.1, 0.15) is 35.2 Å². The smallest absolute Gasteiger partial charge is 0.431 e. The molecule has 0 radical (unpaired) electrons. The lowest BCUT2D eigenvalue weighted by molar-refractivity contribution is -0.142. The van der Waals surface area contributed by atoms with Gasteiger partial charge in [0.15, 0.2) is 0 Å². The van der Waals surface area contributed by atoms with Crippen molar-refractivity contribution in [1.82, 2.24) is 24.8 Å². The molecule has 5 aliphatic rings. The minimum Gasteiger partial charge on any atom is -0.508 e. The zero-order valence-corrected chi connectivity index (χ0v) is 27.1. The standard InChI is InChI=1S/C35H38F4N6O4/c1-2-24-26(36)7-4-19-12-23(47)13-27(29(19)24)45-28(35(37,38)39)14-25-30(32(45)48)41-33(42-31(25)43-16-20-5-6-21(43)15-40-20)49-18-34-9-3-11-44(34)22(17-46)8-10-34/h4,7,12-14,20-22,40,46-47H,2-3,5-6,8-11,15-18H2,1H3/t20?,21?,22-,34-/m1/s1. The third-order valence-corrected chi connectivity index (χ3v) is 11.2. The third-order valence-electron chi connectivity index (χ3n) is 11.2. The summed E-state index contributed by atoms with van der Waals surface area (Å²) in [5.41, 5.74) is -3.15. The van der Waals surface area contributed by atoms with E-state index in [4.69, 9.17) is 9.72 Å². The number of nitrogens with zero attached hydrogens (tertiary/aromatic N) is 5. The second kappa shape index (κ2) is 11.8. The number of aromatic nitrogens is 3. The molecule has 14 heteroatoms. The highest BCUT2D eigenvalue weighted by atomic mass is 19.4. The van der Waals surface area contributed by atoms with E-state index in [9.17, 15) is 15.0 Å². The zero-order valence-electron chi connectivity index (χ0n) is 27.1. The molecule has 2 unspecified atom stereocenters. The summed E-state index contributed by atoms with van der Waals surface area (Å²) in [6, 6.07) is 5.82. The second-order valence-electron chi connectivity index (χ2n) is 13.9. The van der Waals surface area contributed by atoms with Crippen LogP contribution in [0.3, 0.4) is 0 Å². The number of aliphatic hydroxyl groups is 1. The molecule has 0 saturated carbocycles. The van der Waals surface area contributed by atoms with Crippen molar-refractivity contribution in [3.05, 3.63) is 57.8 Å². The molecule has 0 aliphatic carbocycles. The van der Waals surface area contributed by atoms with Crippen LogP contribution in [0.1, 0.15) is 56.7 Å². The minimum atomic E-state index is -5.02. The van der Waals surface area contributed by atoms with Crippen molar-refractivity contribution >= 4 is 27.5 Å². The molecule has 7 heterocycles. The zero-order chi connectivity index (χ0) is 34.2. The number of aromatic hydroxyl groups is 1. The first-order valence-electron chi connectivity index (χ1n) is 17.0. The first-order valence-corrected chi connectivity index (χ1v) is 17.0.